The molecule has 0 unspecified atom stereocenters. The van der Waals surface area contributed by atoms with Crippen molar-refractivity contribution >= 4 is 0 Å². The van der Waals surface area contributed by atoms with Crippen LogP contribution in [-0.4, -0.2) is 26.5 Å². The number of ether oxygens (including phenoxy) is 2. The molecule has 0 amide bonds. The maximum absolute atomic E-state index is 10.5. The van der Waals surface area contributed by atoms with E-state index in [1.54, 1.807) is 6.07 Å². The van der Waals surface area contributed by atoms with Crippen molar-refractivity contribution in [3.8, 4) is 23.0 Å². The molecule has 2 heterocycles. The molecule has 4 rings (SSSR count). The average molecular weight is 302 g/mol. The summed E-state index contributed by atoms with van der Waals surface area (Å²) in [7, 11) is 0. The van der Waals surface area contributed by atoms with E-state index in [2.05, 4.69) is 0 Å². The van der Waals surface area contributed by atoms with E-state index in [0.29, 0.717) is 22.4 Å². The first kappa shape index (κ1) is 13.2. The summed E-state index contributed by atoms with van der Waals surface area (Å²) >= 11 is 0. The predicted octanol–water partition coefficient (Wildman–Crippen LogP) is 1.87. The molecule has 0 fully saturated rings. The van der Waals surface area contributed by atoms with Crippen molar-refractivity contribution in [1.82, 2.24) is 0 Å². The molecule has 0 saturated carbocycles. The van der Waals surface area contributed by atoms with E-state index in [4.69, 9.17) is 9.47 Å². The van der Waals surface area contributed by atoms with Crippen LogP contribution in [-0.2, 0) is 11.3 Å². The van der Waals surface area contributed by atoms with Crippen molar-refractivity contribution in [2.45, 2.75) is 24.9 Å². The Morgan fingerprint density at radius 2 is 1.73 bits per heavy atom. The van der Waals surface area contributed by atoms with E-state index < -0.39 is 18.3 Å². The molecule has 22 heavy (non-hydrogen) atoms. The van der Waals surface area contributed by atoms with Gasteiger partial charge in [-0.1, -0.05) is 0 Å². The Morgan fingerprint density at radius 3 is 2.55 bits per heavy atom. The highest BCUT2D eigenvalue weighted by molar-refractivity contribution is 5.50. The van der Waals surface area contributed by atoms with Crippen LogP contribution >= 0.6 is 0 Å². The molecule has 2 aromatic rings. The van der Waals surface area contributed by atoms with Gasteiger partial charge in [0, 0.05) is 17.2 Å². The van der Waals surface area contributed by atoms with Crippen molar-refractivity contribution in [3.63, 3.8) is 0 Å². The Labute approximate surface area is 125 Å². The number of hydrogen-bond donors (Lipinski definition) is 4. The minimum atomic E-state index is -0.904. The first-order chi connectivity index (χ1) is 10.5. The van der Waals surface area contributed by atoms with Crippen LogP contribution < -0.4 is 4.74 Å². The highest BCUT2D eigenvalue weighted by Gasteiger charge is 2.43. The van der Waals surface area contributed by atoms with Crippen LogP contribution in [0.3, 0.4) is 0 Å². The lowest BCUT2D eigenvalue weighted by Crippen LogP contribution is -2.39. The molecule has 0 aliphatic carbocycles. The monoisotopic (exact) mass is 302 g/mol. The van der Waals surface area contributed by atoms with Gasteiger partial charge in [0.2, 0.25) is 0 Å². The topological polar surface area (TPSA) is 99.4 Å². The van der Waals surface area contributed by atoms with Gasteiger partial charge in [-0.15, -0.1) is 0 Å². The minimum absolute atomic E-state index is 0.0369. The molecule has 6 nitrogen and oxygen atoms in total. The molecule has 0 saturated heterocycles. The number of hydrogen-bond acceptors (Lipinski definition) is 6. The van der Waals surface area contributed by atoms with Gasteiger partial charge < -0.3 is 29.9 Å². The molecule has 0 aromatic heterocycles. The number of phenolic OH excluding ortho intramolecular Hbond substituents is 3. The van der Waals surface area contributed by atoms with Crippen molar-refractivity contribution in [1.29, 1.82) is 0 Å². The Morgan fingerprint density at radius 1 is 0.955 bits per heavy atom. The zero-order chi connectivity index (χ0) is 15.4. The number of benzene rings is 2. The van der Waals surface area contributed by atoms with Crippen LogP contribution in [0.25, 0.3) is 0 Å². The predicted molar refractivity (Wildman–Crippen MR) is 74.8 cm³/mol. The summed E-state index contributed by atoms with van der Waals surface area (Å²) in [6.45, 7) is 0.207. The fourth-order valence-electron chi connectivity index (χ4n) is 3.05. The Kier molecular flexibility index (Phi) is 2.72. The van der Waals surface area contributed by atoms with E-state index in [0.717, 1.165) is 0 Å². The van der Waals surface area contributed by atoms with Gasteiger partial charge in [0.15, 0.2) is 17.6 Å². The summed E-state index contributed by atoms with van der Waals surface area (Å²) in [4.78, 5) is 0. The van der Waals surface area contributed by atoms with Crippen LogP contribution in [0.1, 0.15) is 28.9 Å². The molecule has 0 bridgehead atoms. The zero-order valence-electron chi connectivity index (χ0n) is 11.4. The SMILES string of the molecule is Oc1ccc2c(c1)O[C@@H]1c3cc(O)c(O)cc3CO[C@H]1[C@H]2O. The smallest absolute Gasteiger partial charge is 0.157 e. The highest BCUT2D eigenvalue weighted by Crippen LogP contribution is 2.48. The van der Waals surface area contributed by atoms with Crippen LogP contribution in [0.5, 0.6) is 23.0 Å². The maximum atomic E-state index is 10.5. The molecule has 4 N–H and O–H groups in total. The average Bonchev–Trinajstić information content (AvgIpc) is 2.48. The van der Waals surface area contributed by atoms with Crippen LogP contribution in [0.2, 0.25) is 0 Å². The lowest BCUT2D eigenvalue weighted by Gasteiger charge is -2.40. The number of rotatable bonds is 0. The summed E-state index contributed by atoms with van der Waals surface area (Å²) < 4.78 is 11.5. The third kappa shape index (κ3) is 1.81. The zero-order valence-corrected chi connectivity index (χ0v) is 11.4. The number of aromatic hydroxyl groups is 3. The maximum Gasteiger partial charge on any atom is 0.157 e. The molecule has 2 aliphatic heterocycles. The third-order valence-electron chi connectivity index (χ3n) is 4.15. The second-order valence-electron chi connectivity index (χ2n) is 5.52. The Balaban J connectivity index is 1.83. The Bertz CT molecular complexity index is 757. The van der Waals surface area contributed by atoms with Gasteiger partial charge in [-0.05, 0) is 29.8 Å². The standard InChI is InChI=1S/C16H14O6/c17-8-1-2-9-13(4-8)22-15-10-5-12(19)11(18)3-7(10)6-21-16(15)14(9)20/h1-5,14-20H,6H2/t14-,15+,16-/m0/s1. The fourth-order valence-corrected chi connectivity index (χ4v) is 3.05. The van der Waals surface area contributed by atoms with Crippen molar-refractivity contribution in [3.05, 3.63) is 47.0 Å². The molecule has 6 heteroatoms. The summed E-state index contributed by atoms with van der Waals surface area (Å²) in [6, 6.07) is 7.36. The molecule has 0 spiro atoms. The number of phenols is 3. The summed E-state index contributed by atoms with van der Waals surface area (Å²) in [5.41, 5.74) is 1.89. The molecule has 114 valence electrons. The lowest BCUT2D eigenvalue weighted by atomic mass is 9.87. The number of aliphatic hydroxyl groups excluding tert-OH is 1. The van der Waals surface area contributed by atoms with Gasteiger partial charge in [0.05, 0.1) is 6.61 Å². The van der Waals surface area contributed by atoms with Gasteiger partial charge >= 0.3 is 0 Å². The second-order valence-corrected chi connectivity index (χ2v) is 5.52. The first-order valence-electron chi connectivity index (χ1n) is 6.88. The Hall–Kier alpha value is -2.44. The summed E-state index contributed by atoms with van der Waals surface area (Å²) in [5, 5.41) is 39.4. The van der Waals surface area contributed by atoms with Crippen molar-refractivity contribution in [2.75, 3.05) is 0 Å². The van der Waals surface area contributed by atoms with E-state index in [-0.39, 0.29) is 23.9 Å². The van der Waals surface area contributed by atoms with Crippen LogP contribution in [0.4, 0.5) is 0 Å². The van der Waals surface area contributed by atoms with Crippen LogP contribution in [0.15, 0.2) is 30.3 Å². The normalized spacial score (nSPS) is 25.6. The lowest BCUT2D eigenvalue weighted by molar-refractivity contribution is -0.127. The largest absolute Gasteiger partial charge is 0.508 e. The minimum Gasteiger partial charge on any atom is -0.508 e. The highest BCUT2D eigenvalue weighted by atomic mass is 16.6. The van der Waals surface area contributed by atoms with E-state index >= 15 is 0 Å². The fraction of sp³-hybridized carbons (Fsp3) is 0.250. The van der Waals surface area contributed by atoms with Gasteiger partial charge in [-0.2, -0.15) is 0 Å². The van der Waals surface area contributed by atoms with E-state index in [1.807, 2.05) is 0 Å². The van der Waals surface area contributed by atoms with Crippen molar-refractivity contribution < 1.29 is 29.9 Å². The molecule has 3 atom stereocenters. The third-order valence-corrected chi connectivity index (χ3v) is 4.15. The second kappa shape index (κ2) is 4.53. The number of aliphatic hydroxyl groups is 1. The van der Waals surface area contributed by atoms with Crippen LogP contribution in [0, 0.1) is 0 Å². The van der Waals surface area contributed by atoms with Gasteiger partial charge in [-0.25, -0.2) is 0 Å². The van der Waals surface area contributed by atoms with Gasteiger partial charge in [0.1, 0.15) is 23.7 Å². The molecular weight excluding hydrogens is 288 g/mol. The molecular formula is C16H14O6. The quantitative estimate of drug-likeness (QED) is 0.554. The first-order valence-corrected chi connectivity index (χ1v) is 6.88. The van der Waals surface area contributed by atoms with Gasteiger partial charge in [-0.3, -0.25) is 0 Å². The molecule has 2 aromatic carbocycles. The number of fused-ring (bicyclic) bond motifs is 4. The van der Waals surface area contributed by atoms with Gasteiger partial charge in [0.25, 0.3) is 0 Å². The van der Waals surface area contributed by atoms with E-state index in [1.165, 1.54) is 24.3 Å². The molecule has 0 radical (unpaired) electrons. The molecule has 2 aliphatic rings. The summed E-state index contributed by atoms with van der Waals surface area (Å²) in [6.07, 6.45) is -2.15. The van der Waals surface area contributed by atoms with Crippen molar-refractivity contribution in [2.24, 2.45) is 0 Å². The van der Waals surface area contributed by atoms with E-state index in [9.17, 15) is 20.4 Å². The summed E-state index contributed by atoms with van der Waals surface area (Å²) in [5.74, 6) is -0.0675.